The Morgan fingerprint density at radius 1 is 1.00 bits per heavy atom. The number of hydrazine groups is 1. The summed E-state index contributed by atoms with van der Waals surface area (Å²) in [5.41, 5.74) is 1.46. The number of ether oxygens (including phenoxy) is 2. The molecule has 1 heterocycles. The van der Waals surface area contributed by atoms with E-state index in [1.54, 1.807) is 59.8 Å². The summed E-state index contributed by atoms with van der Waals surface area (Å²) in [4.78, 5) is 29.0. The number of nitrogens with one attached hydrogen (secondary N) is 1. The van der Waals surface area contributed by atoms with Crippen molar-refractivity contribution in [2.75, 3.05) is 20.1 Å². The number of rotatable bonds is 8. The number of aliphatic hydroxyl groups excluding tert-OH is 1. The Kier molecular flexibility index (Phi) is 9.62. The summed E-state index contributed by atoms with van der Waals surface area (Å²) >= 11 is 0. The Hall–Kier alpha value is -3.17. The molecule has 2 rings (SSSR count). The number of carbonyl (C=O) groups excluding carboxylic acids is 2. The highest BCUT2D eigenvalue weighted by atomic mass is 16.6. The summed E-state index contributed by atoms with van der Waals surface area (Å²) in [6, 6.07) is 13.6. The van der Waals surface area contributed by atoms with Gasteiger partial charge in [-0.25, -0.2) is 19.6 Å². The quantitative estimate of drug-likeness (QED) is 0.539. The van der Waals surface area contributed by atoms with Crippen LogP contribution in [0.1, 0.15) is 47.1 Å². The van der Waals surface area contributed by atoms with Gasteiger partial charge in [-0.3, -0.25) is 4.98 Å². The molecule has 0 fully saturated rings. The zero-order valence-corrected chi connectivity index (χ0v) is 21.7. The van der Waals surface area contributed by atoms with Crippen LogP contribution in [0.25, 0.3) is 11.3 Å². The molecule has 2 aromatic rings. The van der Waals surface area contributed by atoms with Crippen LogP contribution in [0.5, 0.6) is 0 Å². The summed E-state index contributed by atoms with van der Waals surface area (Å²) in [6.07, 6.45) is -0.378. The first-order valence-electron chi connectivity index (χ1n) is 11.6. The number of aliphatic hydroxyl groups is 1. The lowest BCUT2D eigenvalue weighted by Gasteiger charge is -2.34. The molecule has 2 amide bonds. The second-order valence-electron chi connectivity index (χ2n) is 10.3. The normalized spacial score (nSPS) is 12.7. The van der Waals surface area contributed by atoms with Crippen LogP contribution in [-0.4, -0.2) is 69.7 Å². The van der Waals surface area contributed by atoms with Crippen LogP contribution in [-0.2, 0) is 16.0 Å². The molecule has 1 atom stereocenters. The van der Waals surface area contributed by atoms with Gasteiger partial charge in [-0.05, 0) is 59.2 Å². The molecule has 0 aliphatic rings. The van der Waals surface area contributed by atoms with Gasteiger partial charge in [-0.1, -0.05) is 30.3 Å². The van der Waals surface area contributed by atoms with Crippen molar-refractivity contribution < 1.29 is 24.2 Å². The molecule has 192 valence electrons. The third-order valence-corrected chi connectivity index (χ3v) is 4.66. The van der Waals surface area contributed by atoms with E-state index in [0.29, 0.717) is 6.54 Å². The Morgan fingerprint density at radius 3 is 2.17 bits per heavy atom. The number of alkyl carbamates (subject to hydrolysis) is 1. The second kappa shape index (κ2) is 12.0. The molecule has 0 bridgehead atoms. The number of pyridine rings is 1. The Bertz CT molecular complexity index is 952. The molecule has 0 unspecified atom stereocenters. The topological polar surface area (TPSA) is 104 Å². The molecule has 35 heavy (non-hydrogen) atoms. The van der Waals surface area contributed by atoms with Gasteiger partial charge in [-0.15, -0.1) is 0 Å². The van der Waals surface area contributed by atoms with Crippen molar-refractivity contribution in [1.82, 2.24) is 20.3 Å². The van der Waals surface area contributed by atoms with Gasteiger partial charge in [-0.2, -0.15) is 0 Å². The molecule has 0 saturated carbocycles. The molecule has 0 spiro atoms. The van der Waals surface area contributed by atoms with Gasteiger partial charge in [0.2, 0.25) is 0 Å². The predicted molar refractivity (Wildman–Crippen MR) is 134 cm³/mol. The third-order valence-electron chi connectivity index (χ3n) is 4.66. The number of hydrogen-bond donors (Lipinski definition) is 2. The summed E-state index contributed by atoms with van der Waals surface area (Å²) in [5.74, 6) is 0. The van der Waals surface area contributed by atoms with Gasteiger partial charge >= 0.3 is 12.2 Å². The fourth-order valence-corrected chi connectivity index (χ4v) is 3.08. The highest BCUT2D eigenvalue weighted by molar-refractivity contribution is 5.68. The maximum atomic E-state index is 12.7. The van der Waals surface area contributed by atoms with Crippen molar-refractivity contribution in [1.29, 1.82) is 0 Å². The van der Waals surface area contributed by atoms with E-state index in [1.165, 1.54) is 5.01 Å². The van der Waals surface area contributed by atoms with Crippen LogP contribution >= 0.6 is 0 Å². The van der Waals surface area contributed by atoms with Crippen LogP contribution in [0.15, 0.2) is 48.7 Å². The molecule has 0 radical (unpaired) electrons. The summed E-state index contributed by atoms with van der Waals surface area (Å²) in [5, 5.41) is 16.2. The standard InChI is InChI=1S/C26H38N4O5/c1-25(2,3)34-23(32)28-16-21(31)18-30(29(7)24(33)35-26(4,5)6)17-19-11-13-20(14-12-19)22-10-8-9-15-27-22/h8-15,21,31H,16-18H2,1-7H3,(H,28,32)/t21-/m1/s1. The van der Waals surface area contributed by atoms with Crippen molar-refractivity contribution in [3.8, 4) is 11.3 Å². The smallest absolute Gasteiger partial charge is 0.424 e. The number of hydrogen-bond acceptors (Lipinski definition) is 7. The average Bonchev–Trinajstić information content (AvgIpc) is 2.75. The van der Waals surface area contributed by atoms with Crippen molar-refractivity contribution in [3.05, 3.63) is 54.2 Å². The highest BCUT2D eigenvalue weighted by Crippen LogP contribution is 2.19. The van der Waals surface area contributed by atoms with E-state index in [1.807, 2.05) is 42.5 Å². The zero-order valence-electron chi connectivity index (χ0n) is 21.7. The van der Waals surface area contributed by atoms with Gasteiger partial charge in [0, 0.05) is 38.4 Å². The monoisotopic (exact) mass is 486 g/mol. The van der Waals surface area contributed by atoms with Crippen molar-refractivity contribution in [2.45, 2.75) is 65.4 Å². The van der Waals surface area contributed by atoms with Gasteiger partial charge in [0.15, 0.2) is 0 Å². The first kappa shape index (κ1) is 28.1. The number of aromatic nitrogens is 1. The lowest BCUT2D eigenvalue weighted by atomic mass is 10.1. The first-order chi connectivity index (χ1) is 16.2. The lowest BCUT2D eigenvalue weighted by molar-refractivity contribution is -0.0579. The average molecular weight is 487 g/mol. The summed E-state index contributed by atoms with van der Waals surface area (Å²) in [6.45, 7) is 11.0. The molecular formula is C26H38N4O5. The van der Waals surface area contributed by atoms with Crippen LogP contribution in [0.2, 0.25) is 0 Å². The molecule has 1 aromatic heterocycles. The highest BCUT2D eigenvalue weighted by Gasteiger charge is 2.26. The minimum Gasteiger partial charge on any atom is -0.444 e. The fraction of sp³-hybridized carbons (Fsp3) is 0.500. The number of amides is 2. The van der Waals surface area contributed by atoms with E-state index in [9.17, 15) is 14.7 Å². The number of nitrogens with zero attached hydrogens (tertiary/aromatic N) is 3. The Labute approximate surface area is 208 Å². The maximum Gasteiger partial charge on any atom is 0.424 e. The largest absolute Gasteiger partial charge is 0.444 e. The van der Waals surface area contributed by atoms with Crippen LogP contribution in [0.3, 0.4) is 0 Å². The minimum absolute atomic E-state index is 0.0355. The fourth-order valence-electron chi connectivity index (χ4n) is 3.08. The van der Waals surface area contributed by atoms with E-state index < -0.39 is 29.5 Å². The maximum absolute atomic E-state index is 12.7. The van der Waals surface area contributed by atoms with E-state index in [4.69, 9.17) is 9.47 Å². The molecule has 0 aliphatic carbocycles. The van der Waals surface area contributed by atoms with Gasteiger partial charge < -0.3 is 19.9 Å². The molecular weight excluding hydrogens is 448 g/mol. The second-order valence-corrected chi connectivity index (χ2v) is 10.3. The minimum atomic E-state index is -0.958. The summed E-state index contributed by atoms with van der Waals surface area (Å²) < 4.78 is 10.7. The van der Waals surface area contributed by atoms with E-state index in [-0.39, 0.29) is 13.1 Å². The first-order valence-corrected chi connectivity index (χ1v) is 11.6. The van der Waals surface area contributed by atoms with Crippen LogP contribution < -0.4 is 5.32 Å². The Balaban J connectivity index is 2.11. The predicted octanol–water partition coefficient (Wildman–Crippen LogP) is 4.22. The molecule has 9 heteroatoms. The van der Waals surface area contributed by atoms with Gasteiger partial charge in [0.1, 0.15) is 11.2 Å². The van der Waals surface area contributed by atoms with Crippen molar-refractivity contribution in [3.63, 3.8) is 0 Å². The molecule has 0 aliphatic heterocycles. The summed E-state index contributed by atoms with van der Waals surface area (Å²) in [7, 11) is 1.59. The molecule has 2 N–H and O–H groups in total. The molecule has 9 nitrogen and oxygen atoms in total. The lowest BCUT2D eigenvalue weighted by Crippen LogP contribution is -2.50. The SMILES string of the molecule is CN(C(=O)OC(C)(C)C)N(Cc1ccc(-c2ccccn2)cc1)C[C@H](O)CNC(=O)OC(C)(C)C. The zero-order chi connectivity index (χ0) is 26.2. The third kappa shape index (κ3) is 10.3. The van der Waals surface area contributed by atoms with Crippen molar-refractivity contribution >= 4 is 12.2 Å². The number of benzene rings is 1. The Morgan fingerprint density at radius 2 is 1.63 bits per heavy atom. The van der Waals surface area contributed by atoms with E-state index in [0.717, 1.165) is 16.8 Å². The number of carbonyl (C=O) groups is 2. The van der Waals surface area contributed by atoms with Gasteiger partial charge in [0.05, 0.1) is 11.8 Å². The molecule has 0 saturated heterocycles. The van der Waals surface area contributed by atoms with Crippen molar-refractivity contribution in [2.24, 2.45) is 0 Å². The van der Waals surface area contributed by atoms with E-state index >= 15 is 0 Å². The van der Waals surface area contributed by atoms with Gasteiger partial charge in [0.25, 0.3) is 0 Å². The van der Waals surface area contributed by atoms with Crippen LogP contribution in [0.4, 0.5) is 9.59 Å². The van der Waals surface area contributed by atoms with Crippen LogP contribution in [0, 0.1) is 0 Å². The van der Waals surface area contributed by atoms with E-state index in [2.05, 4.69) is 10.3 Å². The molecule has 1 aromatic carbocycles.